The Morgan fingerprint density at radius 2 is 1.64 bits per heavy atom. The number of ether oxygens (including phenoxy) is 1. The molecule has 0 aliphatic carbocycles. The predicted molar refractivity (Wildman–Crippen MR) is 108 cm³/mol. The van der Waals surface area contributed by atoms with E-state index in [9.17, 15) is 13.2 Å². The molecule has 1 heterocycles. The number of nitrogens with zero attached hydrogens (tertiary/aromatic N) is 1. The average Bonchev–Trinajstić information content (AvgIpc) is 2.68. The van der Waals surface area contributed by atoms with Crippen LogP contribution in [0, 0.1) is 0 Å². The van der Waals surface area contributed by atoms with Gasteiger partial charge in [-0.05, 0) is 24.1 Å². The summed E-state index contributed by atoms with van der Waals surface area (Å²) < 4.78 is 33.8. The molecule has 1 aliphatic rings. The monoisotopic (exact) mass is 442 g/mol. The zero-order chi connectivity index (χ0) is 20.1. The van der Waals surface area contributed by atoms with Gasteiger partial charge in [0.2, 0.25) is 15.9 Å². The largest absolute Gasteiger partial charge is 0.378 e. The van der Waals surface area contributed by atoms with Gasteiger partial charge in [-0.2, -0.15) is 4.72 Å². The Bertz CT molecular complexity index is 912. The van der Waals surface area contributed by atoms with Crippen molar-refractivity contribution in [2.45, 2.75) is 17.4 Å². The zero-order valence-electron chi connectivity index (χ0n) is 15.0. The molecule has 0 saturated carbocycles. The third-order valence-corrected chi connectivity index (χ3v) is 6.81. The van der Waals surface area contributed by atoms with Crippen LogP contribution in [0.3, 0.4) is 0 Å². The second-order valence-corrected chi connectivity index (χ2v) is 8.82. The fraction of sp³-hybridized carbons (Fsp3) is 0.316. The van der Waals surface area contributed by atoms with Crippen LogP contribution in [0.1, 0.15) is 5.56 Å². The Kier molecular flexibility index (Phi) is 6.95. The Morgan fingerprint density at radius 3 is 2.25 bits per heavy atom. The van der Waals surface area contributed by atoms with E-state index in [2.05, 4.69) is 4.72 Å². The van der Waals surface area contributed by atoms with Crippen molar-refractivity contribution in [1.29, 1.82) is 0 Å². The molecule has 1 atom stereocenters. The molecule has 1 aliphatic heterocycles. The molecule has 0 unspecified atom stereocenters. The summed E-state index contributed by atoms with van der Waals surface area (Å²) in [5, 5.41) is -0.00503. The van der Waals surface area contributed by atoms with Crippen molar-refractivity contribution in [2.75, 3.05) is 26.3 Å². The van der Waals surface area contributed by atoms with Crippen LogP contribution in [0.4, 0.5) is 0 Å². The van der Waals surface area contributed by atoms with E-state index in [4.69, 9.17) is 27.9 Å². The van der Waals surface area contributed by atoms with Gasteiger partial charge in [0.05, 0.1) is 23.3 Å². The predicted octanol–water partition coefficient (Wildman–Crippen LogP) is 2.74. The van der Waals surface area contributed by atoms with Crippen molar-refractivity contribution in [1.82, 2.24) is 9.62 Å². The molecule has 1 N–H and O–H groups in total. The van der Waals surface area contributed by atoms with Crippen LogP contribution in [-0.2, 0) is 26.0 Å². The van der Waals surface area contributed by atoms with Crippen LogP contribution in [0.25, 0.3) is 0 Å². The summed E-state index contributed by atoms with van der Waals surface area (Å²) in [6.45, 7) is 1.68. The van der Waals surface area contributed by atoms with Crippen LogP contribution in [-0.4, -0.2) is 51.6 Å². The van der Waals surface area contributed by atoms with E-state index in [0.717, 1.165) is 5.56 Å². The second kappa shape index (κ2) is 9.24. The van der Waals surface area contributed by atoms with E-state index < -0.39 is 16.1 Å². The van der Waals surface area contributed by atoms with Gasteiger partial charge in [-0.3, -0.25) is 4.79 Å². The lowest BCUT2D eigenvalue weighted by Crippen LogP contribution is -2.52. The Balaban J connectivity index is 1.90. The minimum Gasteiger partial charge on any atom is -0.378 e. The highest BCUT2D eigenvalue weighted by atomic mass is 35.5. The highest BCUT2D eigenvalue weighted by molar-refractivity contribution is 7.89. The standard InChI is InChI=1S/C19H20Cl2N2O4S/c20-15-7-4-8-16(21)18(15)28(25,26)22-17(13-14-5-2-1-3-6-14)19(24)23-9-11-27-12-10-23/h1-8,17,22H,9-13H2/t17-/m1/s1. The van der Waals surface area contributed by atoms with Gasteiger partial charge in [0.25, 0.3) is 0 Å². The summed E-state index contributed by atoms with van der Waals surface area (Å²) in [5.74, 6) is -0.307. The molecular weight excluding hydrogens is 423 g/mol. The lowest BCUT2D eigenvalue weighted by Gasteiger charge is -2.30. The molecule has 1 saturated heterocycles. The molecule has 1 amide bonds. The summed E-state index contributed by atoms with van der Waals surface area (Å²) in [6, 6.07) is 12.7. The smallest absolute Gasteiger partial charge is 0.244 e. The van der Waals surface area contributed by atoms with Crippen molar-refractivity contribution in [3.8, 4) is 0 Å². The number of hydrogen-bond donors (Lipinski definition) is 1. The molecule has 150 valence electrons. The number of amides is 1. The van der Waals surface area contributed by atoms with Crippen molar-refractivity contribution >= 4 is 39.1 Å². The van der Waals surface area contributed by atoms with Crippen molar-refractivity contribution < 1.29 is 17.9 Å². The molecule has 2 aromatic carbocycles. The van der Waals surface area contributed by atoms with Gasteiger partial charge < -0.3 is 9.64 Å². The maximum absolute atomic E-state index is 13.1. The first kappa shape index (κ1) is 21.1. The van der Waals surface area contributed by atoms with Crippen molar-refractivity contribution in [3.63, 3.8) is 0 Å². The number of nitrogens with one attached hydrogen (secondary N) is 1. The maximum atomic E-state index is 13.1. The molecule has 6 nitrogen and oxygen atoms in total. The summed E-state index contributed by atoms with van der Waals surface area (Å²) >= 11 is 12.1. The minimum absolute atomic E-state index is 0.00252. The Labute approximate surface area is 174 Å². The summed E-state index contributed by atoms with van der Waals surface area (Å²) in [6.07, 6.45) is 0.207. The first-order valence-corrected chi connectivity index (χ1v) is 11.0. The third kappa shape index (κ3) is 5.04. The summed E-state index contributed by atoms with van der Waals surface area (Å²) in [5.41, 5.74) is 0.835. The fourth-order valence-electron chi connectivity index (χ4n) is 3.02. The Hall–Kier alpha value is -1.64. The normalized spacial score (nSPS) is 16.0. The van der Waals surface area contributed by atoms with Crippen LogP contribution >= 0.6 is 23.2 Å². The van der Waals surface area contributed by atoms with Gasteiger partial charge in [-0.15, -0.1) is 0 Å². The molecule has 0 aromatic heterocycles. The molecule has 1 fully saturated rings. The van der Waals surface area contributed by atoms with Gasteiger partial charge in [0, 0.05) is 13.1 Å². The molecule has 2 aromatic rings. The molecule has 0 bridgehead atoms. The number of morpholine rings is 1. The van der Waals surface area contributed by atoms with Crippen LogP contribution in [0.15, 0.2) is 53.4 Å². The number of carbonyl (C=O) groups is 1. The first-order valence-electron chi connectivity index (χ1n) is 8.75. The maximum Gasteiger partial charge on any atom is 0.244 e. The van der Waals surface area contributed by atoms with Crippen molar-refractivity contribution in [3.05, 3.63) is 64.1 Å². The molecule has 9 heteroatoms. The lowest BCUT2D eigenvalue weighted by atomic mass is 10.1. The molecule has 3 rings (SSSR count). The van der Waals surface area contributed by atoms with E-state index in [0.29, 0.717) is 26.3 Å². The van der Waals surface area contributed by atoms with E-state index in [1.54, 1.807) is 11.0 Å². The number of hydrogen-bond acceptors (Lipinski definition) is 4. The van der Waals surface area contributed by atoms with Crippen LogP contribution in [0.2, 0.25) is 10.0 Å². The topological polar surface area (TPSA) is 75.7 Å². The van der Waals surface area contributed by atoms with E-state index in [1.165, 1.54) is 12.1 Å². The van der Waals surface area contributed by atoms with E-state index >= 15 is 0 Å². The molecule has 0 radical (unpaired) electrons. The Morgan fingerprint density at radius 1 is 1.04 bits per heavy atom. The molecule has 28 heavy (non-hydrogen) atoms. The van der Waals surface area contributed by atoms with Gasteiger partial charge in [-0.25, -0.2) is 8.42 Å². The number of rotatable bonds is 6. The van der Waals surface area contributed by atoms with E-state index in [1.807, 2.05) is 30.3 Å². The zero-order valence-corrected chi connectivity index (χ0v) is 17.3. The van der Waals surface area contributed by atoms with E-state index in [-0.39, 0.29) is 27.3 Å². The lowest BCUT2D eigenvalue weighted by molar-refractivity contribution is -0.137. The number of halogens is 2. The first-order chi connectivity index (χ1) is 13.4. The van der Waals surface area contributed by atoms with Crippen LogP contribution < -0.4 is 4.72 Å². The quantitative estimate of drug-likeness (QED) is 0.745. The van der Waals surface area contributed by atoms with Gasteiger partial charge in [0.15, 0.2) is 0 Å². The number of carbonyl (C=O) groups excluding carboxylic acids is 1. The van der Waals surface area contributed by atoms with Gasteiger partial charge >= 0.3 is 0 Å². The number of benzene rings is 2. The van der Waals surface area contributed by atoms with Crippen LogP contribution in [0.5, 0.6) is 0 Å². The molecule has 0 spiro atoms. The average molecular weight is 443 g/mol. The van der Waals surface area contributed by atoms with Crippen molar-refractivity contribution in [2.24, 2.45) is 0 Å². The second-order valence-electron chi connectivity index (χ2n) is 6.35. The van der Waals surface area contributed by atoms with Gasteiger partial charge in [0.1, 0.15) is 10.9 Å². The molecular formula is C19H20Cl2N2O4S. The summed E-state index contributed by atoms with van der Waals surface area (Å²) in [4.78, 5) is 14.4. The minimum atomic E-state index is -4.12. The fourth-order valence-corrected chi connectivity index (χ4v) is 5.35. The summed E-state index contributed by atoms with van der Waals surface area (Å²) in [7, 11) is -4.12. The highest BCUT2D eigenvalue weighted by Crippen LogP contribution is 2.29. The third-order valence-electron chi connectivity index (χ3n) is 4.39. The highest BCUT2D eigenvalue weighted by Gasteiger charge is 2.32. The SMILES string of the molecule is O=C([C@@H](Cc1ccccc1)NS(=O)(=O)c1c(Cl)cccc1Cl)N1CCOCC1. The van der Waals surface area contributed by atoms with Gasteiger partial charge in [-0.1, -0.05) is 59.6 Å². The number of sulfonamides is 1.